The Morgan fingerprint density at radius 3 is 2.21 bits per heavy atom. The van der Waals surface area contributed by atoms with Crippen molar-refractivity contribution in [1.82, 2.24) is 10.6 Å². The zero-order valence-corrected chi connectivity index (χ0v) is 16.8. The summed E-state index contributed by atoms with van der Waals surface area (Å²) in [5.41, 5.74) is 0.730. The van der Waals surface area contributed by atoms with Gasteiger partial charge in [0.2, 0.25) is 6.10 Å². The van der Waals surface area contributed by atoms with Crippen molar-refractivity contribution in [1.29, 1.82) is 0 Å². The first-order chi connectivity index (χ1) is 13.9. The Balaban J connectivity index is 2.12. The van der Waals surface area contributed by atoms with Gasteiger partial charge in [0.1, 0.15) is 5.75 Å². The van der Waals surface area contributed by atoms with Crippen LogP contribution >= 0.6 is 0 Å². The summed E-state index contributed by atoms with van der Waals surface area (Å²) in [4.78, 5) is 36.8. The molecule has 2 aromatic rings. The van der Waals surface area contributed by atoms with E-state index in [1.54, 1.807) is 61.5 Å². The average molecular weight is 398 g/mol. The Kier molecular flexibility index (Phi) is 8.21. The van der Waals surface area contributed by atoms with Crippen molar-refractivity contribution in [3.8, 4) is 5.75 Å². The van der Waals surface area contributed by atoms with Gasteiger partial charge >= 0.3 is 12.0 Å². The predicted molar refractivity (Wildman–Crippen MR) is 109 cm³/mol. The highest BCUT2D eigenvalue weighted by molar-refractivity contribution is 5.99. The van der Waals surface area contributed by atoms with Crippen LogP contribution in [0.5, 0.6) is 5.75 Å². The molecule has 0 unspecified atom stereocenters. The van der Waals surface area contributed by atoms with Crippen molar-refractivity contribution in [3.05, 3.63) is 65.7 Å². The first-order valence-electron chi connectivity index (χ1n) is 9.48. The molecule has 0 bridgehead atoms. The van der Waals surface area contributed by atoms with Gasteiger partial charge in [-0.2, -0.15) is 0 Å². The Bertz CT molecular complexity index is 819. The number of esters is 1. The van der Waals surface area contributed by atoms with Gasteiger partial charge in [-0.15, -0.1) is 0 Å². The minimum absolute atomic E-state index is 0.272. The van der Waals surface area contributed by atoms with Crippen LogP contribution in [0, 0.1) is 5.92 Å². The van der Waals surface area contributed by atoms with Crippen LogP contribution in [0.4, 0.5) is 4.79 Å². The van der Waals surface area contributed by atoms with Gasteiger partial charge in [0.15, 0.2) is 0 Å². The molecule has 0 aliphatic carbocycles. The maximum Gasteiger partial charge on any atom is 0.339 e. The molecule has 2 aromatic carbocycles. The molecule has 2 rings (SSSR count). The van der Waals surface area contributed by atoms with E-state index >= 15 is 0 Å². The second-order valence-electron chi connectivity index (χ2n) is 6.77. The molecule has 7 nitrogen and oxygen atoms in total. The van der Waals surface area contributed by atoms with Gasteiger partial charge in [-0.1, -0.05) is 44.2 Å². The summed E-state index contributed by atoms with van der Waals surface area (Å²) in [6.07, 6.45) is -1.26. The summed E-state index contributed by atoms with van der Waals surface area (Å²) < 4.78 is 11.0. The lowest BCUT2D eigenvalue weighted by Gasteiger charge is -2.18. The van der Waals surface area contributed by atoms with E-state index in [1.165, 1.54) is 0 Å². The van der Waals surface area contributed by atoms with Gasteiger partial charge in [-0.3, -0.25) is 10.1 Å². The number of ether oxygens (including phenoxy) is 2. The maximum atomic E-state index is 12.6. The van der Waals surface area contributed by atoms with E-state index in [2.05, 4.69) is 10.6 Å². The third kappa shape index (κ3) is 6.95. The molecule has 7 heteroatoms. The third-order valence-corrected chi connectivity index (χ3v) is 3.81. The quantitative estimate of drug-likeness (QED) is 0.664. The van der Waals surface area contributed by atoms with Crippen LogP contribution in [-0.4, -0.2) is 31.1 Å². The zero-order chi connectivity index (χ0) is 21.2. The highest BCUT2D eigenvalue weighted by atomic mass is 16.5. The topological polar surface area (TPSA) is 93.7 Å². The van der Waals surface area contributed by atoms with E-state index in [-0.39, 0.29) is 5.56 Å². The minimum Gasteiger partial charge on any atom is -0.493 e. The monoisotopic (exact) mass is 398 g/mol. The summed E-state index contributed by atoms with van der Waals surface area (Å²) >= 11 is 0. The molecule has 3 amide bonds. The number of urea groups is 1. The summed E-state index contributed by atoms with van der Waals surface area (Å²) in [5, 5.41) is 4.65. The lowest BCUT2D eigenvalue weighted by atomic mass is 10.1. The lowest BCUT2D eigenvalue weighted by molar-refractivity contribution is -0.129. The van der Waals surface area contributed by atoms with Crippen LogP contribution in [0.25, 0.3) is 0 Å². The van der Waals surface area contributed by atoms with Gasteiger partial charge in [0.05, 0.1) is 12.2 Å². The Labute approximate surface area is 170 Å². The molecular weight excluding hydrogens is 372 g/mol. The molecule has 2 N–H and O–H groups in total. The standard InChI is InChI=1S/C22H26N2O5/c1-4-23-22(27)24-20(25)19(16-8-6-5-7-9-16)29-21(26)17-10-12-18(13-11-17)28-14-15(2)3/h5-13,15,19H,4,14H2,1-3H3,(H2,23,24,25,27)/t19-/m1/s1. The number of imide groups is 1. The first kappa shape index (κ1) is 21.9. The minimum atomic E-state index is -1.26. The highest BCUT2D eigenvalue weighted by Gasteiger charge is 2.27. The number of hydrogen-bond acceptors (Lipinski definition) is 5. The number of nitrogens with one attached hydrogen (secondary N) is 2. The normalized spacial score (nSPS) is 11.4. The van der Waals surface area contributed by atoms with Gasteiger partial charge in [-0.25, -0.2) is 9.59 Å². The van der Waals surface area contributed by atoms with Crippen molar-refractivity contribution in [2.24, 2.45) is 5.92 Å². The first-order valence-corrected chi connectivity index (χ1v) is 9.48. The van der Waals surface area contributed by atoms with Crippen LogP contribution in [0.15, 0.2) is 54.6 Å². The molecule has 0 saturated heterocycles. The number of carbonyl (C=O) groups excluding carboxylic acids is 3. The largest absolute Gasteiger partial charge is 0.493 e. The van der Waals surface area contributed by atoms with Crippen LogP contribution in [0.2, 0.25) is 0 Å². The molecule has 0 saturated carbocycles. The zero-order valence-electron chi connectivity index (χ0n) is 16.8. The van der Waals surface area contributed by atoms with Gasteiger partial charge in [0.25, 0.3) is 5.91 Å². The van der Waals surface area contributed by atoms with E-state index in [9.17, 15) is 14.4 Å². The molecule has 0 radical (unpaired) electrons. The van der Waals surface area contributed by atoms with Crippen LogP contribution in [-0.2, 0) is 9.53 Å². The van der Waals surface area contributed by atoms with Crippen molar-refractivity contribution in [2.75, 3.05) is 13.2 Å². The molecular formula is C22H26N2O5. The fraction of sp³-hybridized carbons (Fsp3) is 0.318. The van der Waals surface area contributed by atoms with Crippen molar-refractivity contribution in [2.45, 2.75) is 26.9 Å². The van der Waals surface area contributed by atoms with E-state index in [4.69, 9.17) is 9.47 Å². The number of rotatable bonds is 8. The second kappa shape index (κ2) is 10.8. The highest BCUT2D eigenvalue weighted by Crippen LogP contribution is 2.21. The Hall–Kier alpha value is -3.35. The molecule has 0 heterocycles. The maximum absolute atomic E-state index is 12.6. The molecule has 0 aromatic heterocycles. The molecule has 29 heavy (non-hydrogen) atoms. The third-order valence-electron chi connectivity index (χ3n) is 3.81. The number of benzene rings is 2. The van der Waals surface area contributed by atoms with Gasteiger partial charge in [-0.05, 0) is 37.1 Å². The Morgan fingerprint density at radius 2 is 1.62 bits per heavy atom. The van der Waals surface area contributed by atoms with Crippen LogP contribution in [0.3, 0.4) is 0 Å². The fourth-order valence-corrected chi connectivity index (χ4v) is 2.41. The van der Waals surface area contributed by atoms with E-state index < -0.39 is 24.0 Å². The molecule has 0 aliphatic heterocycles. The molecule has 0 spiro atoms. The predicted octanol–water partition coefficient (Wildman–Crippen LogP) is 3.47. The molecule has 0 aliphatic rings. The van der Waals surface area contributed by atoms with E-state index in [0.29, 0.717) is 30.4 Å². The second-order valence-corrected chi connectivity index (χ2v) is 6.77. The van der Waals surface area contributed by atoms with Crippen molar-refractivity contribution >= 4 is 17.9 Å². The lowest BCUT2D eigenvalue weighted by Crippen LogP contribution is -2.42. The van der Waals surface area contributed by atoms with Crippen LogP contribution in [0.1, 0.15) is 42.8 Å². The van der Waals surface area contributed by atoms with Crippen molar-refractivity contribution < 1.29 is 23.9 Å². The number of carbonyl (C=O) groups is 3. The fourth-order valence-electron chi connectivity index (χ4n) is 2.41. The summed E-state index contributed by atoms with van der Waals surface area (Å²) in [6, 6.07) is 14.4. The Morgan fingerprint density at radius 1 is 0.966 bits per heavy atom. The SMILES string of the molecule is CCNC(=O)NC(=O)[C@H](OC(=O)c1ccc(OCC(C)C)cc1)c1ccccc1. The summed E-state index contributed by atoms with van der Waals surface area (Å²) in [6.45, 7) is 6.75. The average Bonchev–Trinajstić information content (AvgIpc) is 2.71. The summed E-state index contributed by atoms with van der Waals surface area (Å²) in [7, 11) is 0. The number of hydrogen-bond donors (Lipinski definition) is 2. The van der Waals surface area contributed by atoms with Crippen molar-refractivity contribution in [3.63, 3.8) is 0 Å². The van der Waals surface area contributed by atoms with Gasteiger partial charge in [0, 0.05) is 12.1 Å². The molecule has 1 atom stereocenters. The molecule has 154 valence electrons. The van der Waals surface area contributed by atoms with E-state index in [0.717, 1.165) is 0 Å². The van der Waals surface area contributed by atoms with Crippen LogP contribution < -0.4 is 15.4 Å². The van der Waals surface area contributed by atoms with E-state index in [1.807, 2.05) is 13.8 Å². The molecule has 0 fully saturated rings. The smallest absolute Gasteiger partial charge is 0.339 e. The summed E-state index contributed by atoms with van der Waals surface area (Å²) in [5.74, 6) is -0.383. The van der Waals surface area contributed by atoms with Gasteiger partial charge < -0.3 is 14.8 Å². The number of amides is 3.